The van der Waals surface area contributed by atoms with E-state index in [0.717, 1.165) is 26.2 Å². The summed E-state index contributed by atoms with van der Waals surface area (Å²) in [5.41, 5.74) is 0. The molecule has 0 aliphatic rings. The van der Waals surface area contributed by atoms with Gasteiger partial charge in [-0.15, -0.1) is 12.8 Å². The van der Waals surface area contributed by atoms with E-state index in [9.17, 15) is 0 Å². The molecule has 0 spiro atoms. The molecule has 2 nitrogen and oxygen atoms in total. The third-order valence-corrected chi connectivity index (χ3v) is 2.09. The summed E-state index contributed by atoms with van der Waals surface area (Å²) in [6.45, 7) is 3.96. The van der Waals surface area contributed by atoms with Crippen LogP contribution in [0.4, 0.5) is 0 Å². The number of unbranched alkanes of at least 4 members (excludes halogenated alkanes) is 3. The molecule has 0 fully saturated rings. The maximum atomic E-state index is 5.14. The van der Waals surface area contributed by atoms with Crippen LogP contribution in [0.5, 0.6) is 0 Å². The Bertz CT molecular complexity index is 163. The van der Waals surface area contributed by atoms with Gasteiger partial charge in [-0.1, -0.05) is 0 Å². The van der Waals surface area contributed by atoms with Gasteiger partial charge >= 0.3 is 0 Å². The van der Waals surface area contributed by atoms with Gasteiger partial charge in [0.2, 0.25) is 0 Å². The summed E-state index contributed by atoms with van der Waals surface area (Å²) >= 11 is 0. The number of hydrogen-bond acceptors (Lipinski definition) is 0. The first-order valence-corrected chi connectivity index (χ1v) is 5.42. The summed E-state index contributed by atoms with van der Waals surface area (Å²) in [6, 6.07) is 0. The van der Waals surface area contributed by atoms with E-state index in [2.05, 4.69) is 22.5 Å². The summed E-state index contributed by atoms with van der Waals surface area (Å²) in [5, 5.41) is 4.37. The van der Waals surface area contributed by atoms with E-state index < -0.39 is 0 Å². The van der Waals surface area contributed by atoms with Gasteiger partial charge in [0.05, 0.1) is 13.1 Å². The molecule has 0 atom stereocenters. The highest BCUT2D eigenvalue weighted by molar-refractivity contribution is 4.81. The number of nitrogens with two attached hydrogens (primary N) is 2. The minimum atomic E-state index is 0.815. The topological polar surface area (TPSA) is 33.2 Å². The van der Waals surface area contributed by atoms with Crippen molar-refractivity contribution in [2.24, 2.45) is 0 Å². The molecule has 0 heterocycles. The van der Waals surface area contributed by atoms with Crippen molar-refractivity contribution in [1.82, 2.24) is 0 Å². The first-order chi connectivity index (χ1) is 6.91. The van der Waals surface area contributed by atoms with Crippen LogP contribution in [0.15, 0.2) is 0 Å². The molecule has 0 aromatic heterocycles. The van der Waals surface area contributed by atoms with Crippen LogP contribution >= 0.6 is 0 Å². The third kappa shape index (κ3) is 11.0. The molecule has 78 valence electrons. The van der Waals surface area contributed by atoms with Gasteiger partial charge in [0.25, 0.3) is 0 Å². The quantitative estimate of drug-likeness (QED) is 0.346. The lowest BCUT2D eigenvalue weighted by molar-refractivity contribution is -0.645. The second-order valence-corrected chi connectivity index (χ2v) is 3.39. The molecule has 0 radical (unpaired) electrons. The Labute approximate surface area is 87.9 Å². The van der Waals surface area contributed by atoms with Crippen molar-refractivity contribution in [3.63, 3.8) is 0 Å². The summed E-state index contributed by atoms with van der Waals surface area (Å²) < 4.78 is 0. The van der Waals surface area contributed by atoms with Crippen molar-refractivity contribution in [2.75, 3.05) is 26.2 Å². The van der Waals surface area contributed by atoms with Gasteiger partial charge < -0.3 is 10.6 Å². The van der Waals surface area contributed by atoms with E-state index in [1.54, 1.807) is 0 Å². The predicted molar refractivity (Wildman–Crippen MR) is 59.5 cm³/mol. The highest BCUT2D eigenvalue weighted by Gasteiger charge is 1.92. The molecule has 0 saturated carbocycles. The maximum absolute atomic E-state index is 5.14. The van der Waals surface area contributed by atoms with E-state index >= 15 is 0 Å². The van der Waals surface area contributed by atoms with Gasteiger partial charge in [-0.2, -0.15) is 0 Å². The van der Waals surface area contributed by atoms with Crippen LogP contribution in [0.2, 0.25) is 0 Å². The predicted octanol–water partition coefficient (Wildman–Crippen LogP) is -1.06. The highest BCUT2D eigenvalue weighted by Crippen LogP contribution is 1.95. The Balaban J connectivity index is 2.86. The van der Waals surface area contributed by atoms with Gasteiger partial charge in [0.1, 0.15) is 13.1 Å². The molecule has 0 unspecified atom stereocenters. The molecule has 14 heavy (non-hydrogen) atoms. The minimum Gasteiger partial charge on any atom is -0.336 e. The lowest BCUT2D eigenvalue weighted by Gasteiger charge is -1.99. The maximum Gasteiger partial charge on any atom is 0.137 e. The van der Waals surface area contributed by atoms with E-state index in [1.807, 2.05) is 0 Å². The SMILES string of the molecule is C#CC[NH2+]CCCCCC[NH2+]CC#C. The molecule has 0 bridgehead atoms. The molecule has 2 heteroatoms. The molecular weight excluding hydrogens is 172 g/mol. The molecule has 0 aromatic carbocycles. The lowest BCUT2D eigenvalue weighted by Crippen LogP contribution is -2.84. The fourth-order valence-corrected chi connectivity index (χ4v) is 1.30. The second-order valence-electron chi connectivity index (χ2n) is 3.39. The standard InChI is InChI=1S/C12H20N2/c1-3-9-13-11-7-5-6-8-12-14-10-4-2/h1-2,13-14H,5-12H2/p+2. The zero-order chi connectivity index (χ0) is 10.5. The smallest absolute Gasteiger partial charge is 0.137 e. The number of hydrogen-bond donors (Lipinski definition) is 2. The average Bonchev–Trinajstić information content (AvgIpc) is 2.21. The van der Waals surface area contributed by atoms with Gasteiger partial charge in [-0.25, -0.2) is 0 Å². The molecule has 4 N–H and O–H groups in total. The van der Waals surface area contributed by atoms with E-state index in [1.165, 1.54) is 25.7 Å². The van der Waals surface area contributed by atoms with Gasteiger partial charge in [0.15, 0.2) is 0 Å². The van der Waals surface area contributed by atoms with Crippen molar-refractivity contribution in [1.29, 1.82) is 0 Å². The summed E-state index contributed by atoms with van der Waals surface area (Å²) in [6.07, 6.45) is 15.4. The van der Waals surface area contributed by atoms with Gasteiger partial charge in [-0.05, 0) is 37.5 Å². The van der Waals surface area contributed by atoms with Crippen molar-refractivity contribution in [3.05, 3.63) is 0 Å². The van der Waals surface area contributed by atoms with Crippen LogP contribution in [0, 0.1) is 24.7 Å². The number of terminal acetylenes is 2. The van der Waals surface area contributed by atoms with Crippen LogP contribution in [-0.2, 0) is 0 Å². The molecule has 0 saturated heterocycles. The van der Waals surface area contributed by atoms with Crippen LogP contribution < -0.4 is 10.6 Å². The van der Waals surface area contributed by atoms with Crippen LogP contribution in [0.1, 0.15) is 25.7 Å². The average molecular weight is 194 g/mol. The normalized spacial score (nSPS) is 9.29. The fourth-order valence-electron chi connectivity index (χ4n) is 1.30. The number of quaternary nitrogens is 2. The van der Waals surface area contributed by atoms with Crippen LogP contribution in [0.3, 0.4) is 0 Å². The van der Waals surface area contributed by atoms with Crippen molar-refractivity contribution in [3.8, 4) is 24.7 Å². The molecule has 0 aromatic rings. The molecule has 0 aliphatic heterocycles. The Morgan fingerprint density at radius 3 is 1.50 bits per heavy atom. The largest absolute Gasteiger partial charge is 0.336 e. The van der Waals surface area contributed by atoms with Crippen molar-refractivity contribution < 1.29 is 10.6 Å². The van der Waals surface area contributed by atoms with E-state index in [0.29, 0.717) is 0 Å². The van der Waals surface area contributed by atoms with E-state index in [-0.39, 0.29) is 0 Å². The molecule has 0 rings (SSSR count). The summed E-state index contributed by atoms with van der Waals surface area (Å²) in [7, 11) is 0. The zero-order valence-corrected chi connectivity index (χ0v) is 8.97. The first-order valence-electron chi connectivity index (χ1n) is 5.42. The van der Waals surface area contributed by atoms with Crippen LogP contribution in [-0.4, -0.2) is 26.2 Å². The third-order valence-electron chi connectivity index (χ3n) is 2.09. The second kappa shape index (κ2) is 12.0. The Morgan fingerprint density at radius 1 is 0.714 bits per heavy atom. The zero-order valence-electron chi connectivity index (χ0n) is 8.97. The number of rotatable bonds is 9. The Kier molecular flexibility index (Phi) is 11.2. The van der Waals surface area contributed by atoms with Crippen molar-refractivity contribution in [2.45, 2.75) is 25.7 Å². The van der Waals surface area contributed by atoms with Crippen LogP contribution in [0.25, 0.3) is 0 Å². The minimum absolute atomic E-state index is 0.815. The van der Waals surface area contributed by atoms with Crippen molar-refractivity contribution >= 4 is 0 Å². The highest BCUT2D eigenvalue weighted by atomic mass is 14.8. The lowest BCUT2D eigenvalue weighted by atomic mass is 10.2. The first kappa shape index (κ1) is 13.0. The Hall–Kier alpha value is -0.960. The molecule has 0 amide bonds. The molecule has 0 aliphatic carbocycles. The Morgan fingerprint density at radius 2 is 1.14 bits per heavy atom. The van der Waals surface area contributed by atoms with E-state index in [4.69, 9.17) is 12.8 Å². The summed E-state index contributed by atoms with van der Waals surface area (Å²) in [4.78, 5) is 0. The van der Waals surface area contributed by atoms with Gasteiger partial charge in [-0.3, -0.25) is 0 Å². The monoisotopic (exact) mass is 194 g/mol. The molecular formula is C12H22N2+2. The van der Waals surface area contributed by atoms with Gasteiger partial charge in [0, 0.05) is 0 Å². The summed E-state index contributed by atoms with van der Waals surface area (Å²) in [5.74, 6) is 5.23. The fraction of sp³-hybridized carbons (Fsp3) is 0.667.